The zero-order valence-electron chi connectivity index (χ0n) is 9.37. The van der Waals surface area contributed by atoms with Crippen LogP contribution in [0.25, 0.3) is 16.6 Å². The van der Waals surface area contributed by atoms with Crippen molar-refractivity contribution in [3.05, 3.63) is 57.9 Å². The summed E-state index contributed by atoms with van der Waals surface area (Å²) in [5, 5.41) is 1.05. The van der Waals surface area contributed by atoms with Crippen LogP contribution >= 0.6 is 27.5 Å². The van der Waals surface area contributed by atoms with Crippen molar-refractivity contribution in [1.29, 1.82) is 0 Å². The maximum Gasteiger partial charge on any atom is 0.138 e. The molecular weight excluding hydrogens is 338 g/mol. The quantitative estimate of drug-likeness (QED) is 0.585. The minimum Gasteiger partial charge on any atom is -0.303 e. The van der Waals surface area contributed by atoms with Crippen LogP contribution in [-0.4, -0.2) is 9.55 Å². The lowest BCUT2D eigenvalue weighted by molar-refractivity contribution is 0.581. The predicted molar refractivity (Wildman–Crippen MR) is 73.7 cm³/mol. The van der Waals surface area contributed by atoms with Gasteiger partial charge in [-0.3, -0.25) is 0 Å². The van der Waals surface area contributed by atoms with Crippen molar-refractivity contribution in [3.8, 4) is 5.69 Å². The summed E-state index contributed by atoms with van der Waals surface area (Å²) in [4.78, 5) is 3.97. The number of hydrogen-bond acceptors (Lipinski definition) is 1. The third-order valence-corrected chi connectivity index (χ3v) is 3.63. The van der Waals surface area contributed by atoms with Crippen LogP contribution in [0, 0.1) is 11.6 Å². The number of fused-ring (bicyclic) bond motifs is 1. The van der Waals surface area contributed by atoms with E-state index >= 15 is 0 Å². The summed E-state index contributed by atoms with van der Waals surface area (Å²) >= 11 is 9.36. The standard InChI is InChI=1S/C13H6BrClF2N2/c14-12-6-10-11(1-2-18-13(10)15)19(12)9-4-7(16)3-8(17)5-9/h1-6H. The summed E-state index contributed by atoms with van der Waals surface area (Å²) in [6.07, 6.45) is 1.54. The first-order chi connectivity index (χ1) is 9.06. The van der Waals surface area contributed by atoms with E-state index in [2.05, 4.69) is 20.9 Å². The van der Waals surface area contributed by atoms with E-state index in [1.165, 1.54) is 12.1 Å². The molecule has 0 spiro atoms. The lowest BCUT2D eigenvalue weighted by Gasteiger charge is -2.08. The number of benzene rings is 1. The van der Waals surface area contributed by atoms with Gasteiger partial charge >= 0.3 is 0 Å². The molecule has 0 amide bonds. The molecule has 0 unspecified atom stereocenters. The van der Waals surface area contributed by atoms with Gasteiger partial charge in [-0.05, 0) is 40.2 Å². The Morgan fingerprint density at radius 2 is 1.79 bits per heavy atom. The van der Waals surface area contributed by atoms with Gasteiger partial charge in [0.1, 0.15) is 16.8 Å². The average Bonchev–Trinajstić information content (AvgIpc) is 2.65. The highest BCUT2D eigenvalue weighted by Crippen LogP contribution is 2.31. The van der Waals surface area contributed by atoms with Crippen molar-refractivity contribution < 1.29 is 8.78 Å². The molecule has 19 heavy (non-hydrogen) atoms. The average molecular weight is 344 g/mol. The SMILES string of the molecule is Fc1cc(F)cc(-n2c(Br)cc3c(Cl)nccc32)c1. The Hall–Kier alpha value is -1.46. The van der Waals surface area contributed by atoms with E-state index in [1.807, 2.05) is 0 Å². The van der Waals surface area contributed by atoms with Crippen molar-refractivity contribution in [2.75, 3.05) is 0 Å². The van der Waals surface area contributed by atoms with E-state index in [-0.39, 0.29) is 0 Å². The van der Waals surface area contributed by atoms with Crippen LogP contribution in [0.3, 0.4) is 0 Å². The fourth-order valence-electron chi connectivity index (χ4n) is 2.00. The van der Waals surface area contributed by atoms with E-state index in [0.29, 0.717) is 20.8 Å². The van der Waals surface area contributed by atoms with E-state index in [4.69, 9.17) is 11.6 Å². The highest BCUT2D eigenvalue weighted by Gasteiger charge is 2.13. The lowest BCUT2D eigenvalue weighted by atomic mass is 10.3. The normalized spacial score (nSPS) is 11.2. The second-order valence-corrected chi connectivity index (χ2v) is 5.14. The molecule has 0 bridgehead atoms. The van der Waals surface area contributed by atoms with Crippen LogP contribution in [0.5, 0.6) is 0 Å². The number of halogens is 4. The monoisotopic (exact) mass is 342 g/mol. The minimum atomic E-state index is -0.635. The van der Waals surface area contributed by atoms with Crippen molar-refractivity contribution in [3.63, 3.8) is 0 Å². The van der Waals surface area contributed by atoms with E-state index in [1.54, 1.807) is 22.9 Å². The van der Waals surface area contributed by atoms with Crippen LogP contribution in [0.15, 0.2) is 41.1 Å². The first-order valence-corrected chi connectivity index (χ1v) is 6.51. The maximum absolute atomic E-state index is 13.3. The molecule has 0 aliphatic rings. The van der Waals surface area contributed by atoms with Crippen LogP contribution in [0.2, 0.25) is 5.15 Å². The zero-order chi connectivity index (χ0) is 13.6. The Morgan fingerprint density at radius 1 is 1.11 bits per heavy atom. The van der Waals surface area contributed by atoms with Gasteiger partial charge in [-0.25, -0.2) is 13.8 Å². The molecule has 0 fully saturated rings. The van der Waals surface area contributed by atoms with Gasteiger partial charge in [-0.2, -0.15) is 0 Å². The van der Waals surface area contributed by atoms with Gasteiger partial charge in [0.2, 0.25) is 0 Å². The van der Waals surface area contributed by atoms with Gasteiger partial charge in [0.25, 0.3) is 0 Å². The molecule has 2 nitrogen and oxygen atoms in total. The van der Waals surface area contributed by atoms with Gasteiger partial charge < -0.3 is 4.57 Å². The van der Waals surface area contributed by atoms with Crippen molar-refractivity contribution in [2.45, 2.75) is 0 Å². The number of hydrogen-bond donors (Lipinski definition) is 0. The van der Waals surface area contributed by atoms with E-state index in [9.17, 15) is 8.78 Å². The first kappa shape index (κ1) is 12.6. The summed E-state index contributed by atoms with van der Waals surface area (Å²) in [5.74, 6) is -1.27. The maximum atomic E-state index is 13.3. The number of aromatic nitrogens is 2. The van der Waals surface area contributed by atoms with Gasteiger partial charge in [-0.15, -0.1) is 0 Å². The third kappa shape index (κ3) is 2.13. The second-order valence-electron chi connectivity index (χ2n) is 3.96. The first-order valence-electron chi connectivity index (χ1n) is 5.34. The summed E-state index contributed by atoms with van der Waals surface area (Å²) < 4.78 is 29.0. The molecule has 96 valence electrons. The molecule has 0 saturated heterocycles. The molecule has 0 atom stereocenters. The molecule has 1 aromatic carbocycles. The van der Waals surface area contributed by atoms with Gasteiger partial charge in [0.05, 0.1) is 15.8 Å². The van der Waals surface area contributed by atoms with Crippen LogP contribution in [0.4, 0.5) is 8.78 Å². The molecule has 0 radical (unpaired) electrons. The van der Waals surface area contributed by atoms with Gasteiger partial charge in [0.15, 0.2) is 0 Å². The topological polar surface area (TPSA) is 17.8 Å². The Morgan fingerprint density at radius 3 is 2.47 bits per heavy atom. The third-order valence-electron chi connectivity index (χ3n) is 2.74. The lowest BCUT2D eigenvalue weighted by Crippen LogP contribution is -1.96. The molecule has 0 N–H and O–H groups in total. The molecule has 0 saturated carbocycles. The Bertz CT molecular complexity index is 765. The fraction of sp³-hybridized carbons (Fsp3) is 0. The molecule has 2 aromatic heterocycles. The van der Waals surface area contributed by atoms with Crippen LogP contribution < -0.4 is 0 Å². The van der Waals surface area contributed by atoms with Crippen molar-refractivity contribution in [2.24, 2.45) is 0 Å². The summed E-state index contributed by atoms with van der Waals surface area (Å²) in [6, 6.07) is 6.82. The molecule has 6 heteroatoms. The minimum absolute atomic E-state index is 0.342. The molecule has 3 rings (SSSR count). The molecule has 0 aliphatic heterocycles. The Kier molecular flexibility index (Phi) is 3.03. The largest absolute Gasteiger partial charge is 0.303 e. The highest BCUT2D eigenvalue weighted by atomic mass is 79.9. The zero-order valence-corrected chi connectivity index (χ0v) is 11.7. The van der Waals surface area contributed by atoms with Gasteiger partial charge in [0, 0.05) is 17.6 Å². The predicted octanol–water partition coefficient (Wildman–Crippen LogP) is 4.72. The molecule has 0 aliphatic carbocycles. The number of nitrogens with zero attached hydrogens (tertiary/aromatic N) is 2. The molecular formula is C13H6BrClF2N2. The smallest absolute Gasteiger partial charge is 0.138 e. The Balaban J connectivity index is 2.36. The molecule has 2 heterocycles. The number of rotatable bonds is 1. The van der Waals surface area contributed by atoms with Crippen LogP contribution in [0.1, 0.15) is 0 Å². The van der Waals surface area contributed by atoms with Crippen molar-refractivity contribution >= 4 is 38.4 Å². The second kappa shape index (κ2) is 4.58. The van der Waals surface area contributed by atoms with E-state index in [0.717, 1.165) is 11.6 Å². The van der Waals surface area contributed by atoms with E-state index < -0.39 is 11.6 Å². The highest BCUT2D eigenvalue weighted by molar-refractivity contribution is 9.10. The van der Waals surface area contributed by atoms with Crippen LogP contribution in [-0.2, 0) is 0 Å². The van der Waals surface area contributed by atoms with Crippen molar-refractivity contribution in [1.82, 2.24) is 9.55 Å². The molecule has 3 aromatic rings. The van der Waals surface area contributed by atoms with Gasteiger partial charge in [-0.1, -0.05) is 11.6 Å². The summed E-state index contributed by atoms with van der Waals surface area (Å²) in [7, 11) is 0. The fourth-order valence-corrected chi connectivity index (χ4v) is 2.83. The summed E-state index contributed by atoms with van der Waals surface area (Å²) in [5.41, 5.74) is 1.10. The summed E-state index contributed by atoms with van der Waals surface area (Å²) in [6.45, 7) is 0. The Labute approximate surface area is 120 Å². The number of pyridine rings is 1.